The van der Waals surface area contributed by atoms with Gasteiger partial charge in [0, 0.05) is 6.54 Å². The van der Waals surface area contributed by atoms with E-state index in [1.54, 1.807) is 0 Å². The highest BCUT2D eigenvalue weighted by molar-refractivity contribution is 6.04. The molecule has 3 rings (SSSR count). The van der Waals surface area contributed by atoms with Gasteiger partial charge in [-0.05, 0) is 24.3 Å². The molecule has 106 valence electrons. The number of nitrogens with one attached hydrogen (secondary N) is 1. The summed E-state index contributed by atoms with van der Waals surface area (Å²) in [4.78, 5) is 25.9. The molecule has 1 saturated heterocycles. The predicted octanol–water partition coefficient (Wildman–Crippen LogP) is 2.86. The second kappa shape index (κ2) is 5.65. The standard InChI is InChI=1S/C16H20N2O2/c19-15-14(13-9-5-2-6-10-13)17-16(20)18(15)11-12-7-3-1-4-8-12/h2,5-6,9-10,12,14H,1,3-4,7-8,11H2,(H,17,20). The first-order chi connectivity index (χ1) is 9.75. The van der Waals surface area contributed by atoms with E-state index in [2.05, 4.69) is 5.32 Å². The minimum Gasteiger partial charge on any atom is -0.322 e. The summed E-state index contributed by atoms with van der Waals surface area (Å²) in [6.45, 7) is 0.577. The Morgan fingerprint density at radius 3 is 2.45 bits per heavy atom. The van der Waals surface area contributed by atoms with Gasteiger partial charge < -0.3 is 5.32 Å². The number of carbonyl (C=O) groups is 2. The largest absolute Gasteiger partial charge is 0.325 e. The molecular formula is C16H20N2O2. The molecule has 1 heterocycles. The summed E-state index contributed by atoms with van der Waals surface area (Å²) in [5.74, 6) is 0.375. The van der Waals surface area contributed by atoms with Crippen molar-refractivity contribution in [3.63, 3.8) is 0 Å². The van der Waals surface area contributed by atoms with Crippen LogP contribution in [0.3, 0.4) is 0 Å². The molecule has 1 aromatic rings. The second-order valence-electron chi connectivity index (χ2n) is 5.75. The van der Waals surface area contributed by atoms with Crippen molar-refractivity contribution in [1.82, 2.24) is 10.2 Å². The summed E-state index contributed by atoms with van der Waals surface area (Å²) in [5, 5.41) is 2.80. The van der Waals surface area contributed by atoms with Crippen LogP contribution in [0.25, 0.3) is 0 Å². The molecule has 1 aliphatic heterocycles. The van der Waals surface area contributed by atoms with Gasteiger partial charge in [-0.15, -0.1) is 0 Å². The van der Waals surface area contributed by atoms with Gasteiger partial charge in [0.05, 0.1) is 0 Å². The first-order valence-electron chi connectivity index (χ1n) is 7.42. The minimum atomic E-state index is -0.507. The number of nitrogens with zero attached hydrogens (tertiary/aromatic N) is 1. The summed E-state index contributed by atoms with van der Waals surface area (Å²) in [5.41, 5.74) is 0.858. The smallest absolute Gasteiger partial charge is 0.322 e. The van der Waals surface area contributed by atoms with Crippen molar-refractivity contribution in [1.29, 1.82) is 0 Å². The average molecular weight is 272 g/mol. The van der Waals surface area contributed by atoms with Gasteiger partial charge in [0.25, 0.3) is 5.91 Å². The van der Waals surface area contributed by atoms with Crippen LogP contribution in [-0.4, -0.2) is 23.4 Å². The number of hydrogen-bond acceptors (Lipinski definition) is 2. The molecule has 1 saturated carbocycles. The molecule has 0 spiro atoms. The van der Waals surface area contributed by atoms with Crippen LogP contribution < -0.4 is 5.32 Å². The molecule has 0 aromatic heterocycles. The highest BCUT2D eigenvalue weighted by Crippen LogP contribution is 2.28. The third kappa shape index (κ3) is 2.55. The normalized spacial score (nSPS) is 24.0. The molecule has 0 radical (unpaired) electrons. The van der Waals surface area contributed by atoms with E-state index in [-0.39, 0.29) is 11.9 Å². The number of imide groups is 1. The Morgan fingerprint density at radius 1 is 1.05 bits per heavy atom. The number of hydrogen-bond donors (Lipinski definition) is 1. The number of urea groups is 1. The Bertz CT molecular complexity index is 494. The van der Waals surface area contributed by atoms with Crippen molar-refractivity contribution >= 4 is 11.9 Å². The quantitative estimate of drug-likeness (QED) is 0.860. The topological polar surface area (TPSA) is 49.4 Å². The van der Waals surface area contributed by atoms with Crippen molar-refractivity contribution in [3.05, 3.63) is 35.9 Å². The van der Waals surface area contributed by atoms with E-state index in [1.165, 1.54) is 24.2 Å². The van der Waals surface area contributed by atoms with Gasteiger partial charge in [-0.1, -0.05) is 49.6 Å². The summed E-state index contributed by atoms with van der Waals surface area (Å²) in [6.07, 6.45) is 5.98. The van der Waals surface area contributed by atoms with Crippen molar-refractivity contribution in [2.24, 2.45) is 5.92 Å². The van der Waals surface area contributed by atoms with Crippen molar-refractivity contribution in [3.8, 4) is 0 Å². The SMILES string of the molecule is O=C1NC(c2ccccc2)C(=O)N1CC1CCCCC1. The lowest BCUT2D eigenvalue weighted by Crippen LogP contribution is -2.36. The third-order valence-corrected chi connectivity index (χ3v) is 4.32. The lowest BCUT2D eigenvalue weighted by Gasteiger charge is -2.25. The van der Waals surface area contributed by atoms with Crippen molar-refractivity contribution < 1.29 is 9.59 Å². The molecule has 4 nitrogen and oxygen atoms in total. The molecule has 1 aromatic carbocycles. The Kier molecular flexibility index (Phi) is 3.72. The first-order valence-corrected chi connectivity index (χ1v) is 7.42. The summed E-state index contributed by atoms with van der Waals surface area (Å²) in [6, 6.07) is 8.70. The zero-order valence-electron chi connectivity index (χ0n) is 11.5. The molecule has 20 heavy (non-hydrogen) atoms. The molecular weight excluding hydrogens is 252 g/mol. The Balaban J connectivity index is 1.70. The molecule has 1 N–H and O–H groups in total. The molecule has 1 aliphatic carbocycles. The van der Waals surface area contributed by atoms with Gasteiger partial charge in [0.2, 0.25) is 0 Å². The summed E-state index contributed by atoms with van der Waals surface area (Å²) in [7, 11) is 0. The lowest BCUT2D eigenvalue weighted by atomic mass is 9.89. The Hall–Kier alpha value is -1.84. The van der Waals surface area contributed by atoms with Gasteiger partial charge in [-0.3, -0.25) is 9.69 Å². The predicted molar refractivity (Wildman–Crippen MR) is 76.0 cm³/mol. The fourth-order valence-electron chi connectivity index (χ4n) is 3.19. The van der Waals surface area contributed by atoms with E-state index in [0.717, 1.165) is 18.4 Å². The van der Waals surface area contributed by atoms with Gasteiger partial charge in [0.15, 0.2) is 0 Å². The maximum Gasteiger partial charge on any atom is 0.325 e. The van der Waals surface area contributed by atoms with E-state index in [4.69, 9.17) is 0 Å². The maximum absolute atomic E-state index is 12.4. The fraction of sp³-hybridized carbons (Fsp3) is 0.500. The monoisotopic (exact) mass is 272 g/mol. The van der Waals surface area contributed by atoms with E-state index in [0.29, 0.717) is 12.5 Å². The molecule has 4 heteroatoms. The van der Waals surface area contributed by atoms with Crippen molar-refractivity contribution in [2.75, 3.05) is 6.54 Å². The van der Waals surface area contributed by atoms with Crippen LogP contribution in [0.15, 0.2) is 30.3 Å². The fourth-order valence-corrected chi connectivity index (χ4v) is 3.19. The Labute approximate surface area is 119 Å². The van der Waals surface area contributed by atoms with Crippen LogP contribution in [-0.2, 0) is 4.79 Å². The average Bonchev–Trinajstić information content (AvgIpc) is 2.77. The highest BCUT2D eigenvalue weighted by atomic mass is 16.2. The zero-order chi connectivity index (χ0) is 13.9. The van der Waals surface area contributed by atoms with E-state index in [1.807, 2.05) is 30.3 Å². The zero-order valence-corrected chi connectivity index (χ0v) is 11.5. The highest BCUT2D eigenvalue weighted by Gasteiger charge is 2.39. The molecule has 1 atom stereocenters. The van der Waals surface area contributed by atoms with Crippen LogP contribution in [0.4, 0.5) is 4.79 Å². The third-order valence-electron chi connectivity index (χ3n) is 4.32. The number of rotatable bonds is 3. The molecule has 3 amide bonds. The molecule has 1 unspecified atom stereocenters. The number of benzene rings is 1. The lowest BCUT2D eigenvalue weighted by molar-refractivity contribution is -0.128. The maximum atomic E-state index is 12.4. The van der Waals surface area contributed by atoms with E-state index >= 15 is 0 Å². The number of amides is 3. The Morgan fingerprint density at radius 2 is 1.75 bits per heavy atom. The molecule has 2 fully saturated rings. The van der Waals surface area contributed by atoms with Crippen LogP contribution in [0.5, 0.6) is 0 Å². The first kappa shape index (κ1) is 13.2. The van der Waals surface area contributed by atoms with E-state index < -0.39 is 6.04 Å². The second-order valence-corrected chi connectivity index (χ2v) is 5.75. The van der Waals surface area contributed by atoms with Gasteiger partial charge in [-0.2, -0.15) is 0 Å². The van der Waals surface area contributed by atoms with Crippen LogP contribution in [0.1, 0.15) is 43.7 Å². The summed E-state index contributed by atoms with van der Waals surface area (Å²) >= 11 is 0. The van der Waals surface area contributed by atoms with Crippen LogP contribution in [0.2, 0.25) is 0 Å². The van der Waals surface area contributed by atoms with Gasteiger partial charge in [-0.25, -0.2) is 4.79 Å². The summed E-state index contributed by atoms with van der Waals surface area (Å²) < 4.78 is 0. The molecule has 2 aliphatic rings. The number of carbonyl (C=O) groups excluding carboxylic acids is 2. The van der Waals surface area contributed by atoms with Gasteiger partial charge in [0.1, 0.15) is 6.04 Å². The van der Waals surface area contributed by atoms with Gasteiger partial charge >= 0.3 is 6.03 Å². The van der Waals surface area contributed by atoms with Crippen molar-refractivity contribution in [2.45, 2.75) is 38.1 Å². The van der Waals surface area contributed by atoms with Crippen LogP contribution >= 0.6 is 0 Å². The minimum absolute atomic E-state index is 0.105. The van der Waals surface area contributed by atoms with E-state index in [9.17, 15) is 9.59 Å². The molecule has 0 bridgehead atoms. The van der Waals surface area contributed by atoms with Crippen LogP contribution in [0, 0.1) is 5.92 Å².